The van der Waals surface area contributed by atoms with Crippen molar-refractivity contribution in [3.63, 3.8) is 0 Å². The Morgan fingerprint density at radius 3 is 2.44 bits per heavy atom. The first kappa shape index (κ1) is 12.7. The van der Waals surface area contributed by atoms with E-state index in [1.807, 2.05) is 6.92 Å². The van der Waals surface area contributed by atoms with Crippen LogP contribution in [0.4, 0.5) is 0 Å². The third kappa shape index (κ3) is 4.43. The van der Waals surface area contributed by atoms with Crippen LogP contribution >= 0.6 is 0 Å². The largest absolute Gasteiger partial charge is 0.350 e. The van der Waals surface area contributed by atoms with E-state index in [1.54, 1.807) is 24.5 Å². The number of nitrogens with one attached hydrogen (secondary N) is 1. The minimum absolute atomic E-state index is 0.0151. The molecule has 1 heterocycles. The Bertz CT molecular complexity index is 322. The second-order valence-corrected chi connectivity index (χ2v) is 4.58. The average Bonchev–Trinajstić information content (AvgIpc) is 2.27. The third-order valence-electron chi connectivity index (χ3n) is 2.50. The quantitative estimate of drug-likeness (QED) is 0.828. The van der Waals surface area contributed by atoms with E-state index >= 15 is 0 Å². The summed E-state index contributed by atoms with van der Waals surface area (Å²) in [6.07, 6.45) is 5.42. The standard InChI is InChI=1S/C13H20N2O/c1-10(2)4-5-11(3)15-13(16)12-6-8-14-9-7-12/h6-11H,4-5H2,1-3H3,(H,15,16)/t11-/m1/s1. The highest BCUT2D eigenvalue weighted by Crippen LogP contribution is 2.07. The Labute approximate surface area is 97.3 Å². The number of aromatic nitrogens is 1. The van der Waals surface area contributed by atoms with Crippen LogP contribution in [0, 0.1) is 5.92 Å². The molecule has 0 aliphatic rings. The van der Waals surface area contributed by atoms with Crippen molar-refractivity contribution in [2.45, 2.75) is 39.7 Å². The van der Waals surface area contributed by atoms with E-state index in [0.717, 1.165) is 12.8 Å². The molecule has 0 saturated heterocycles. The molecule has 0 saturated carbocycles. The summed E-state index contributed by atoms with van der Waals surface area (Å²) in [4.78, 5) is 15.6. The second kappa shape index (κ2) is 6.26. The minimum Gasteiger partial charge on any atom is -0.350 e. The van der Waals surface area contributed by atoms with Gasteiger partial charge in [0.2, 0.25) is 0 Å². The molecule has 16 heavy (non-hydrogen) atoms. The zero-order valence-electron chi connectivity index (χ0n) is 10.2. The van der Waals surface area contributed by atoms with Crippen LogP contribution in [0.1, 0.15) is 44.0 Å². The Hall–Kier alpha value is -1.38. The second-order valence-electron chi connectivity index (χ2n) is 4.58. The van der Waals surface area contributed by atoms with Gasteiger partial charge in [0.25, 0.3) is 5.91 Å². The maximum atomic E-state index is 11.8. The van der Waals surface area contributed by atoms with E-state index in [4.69, 9.17) is 0 Å². The summed E-state index contributed by atoms with van der Waals surface area (Å²) >= 11 is 0. The maximum absolute atomic E-state index is 11.8. The zero-order valence-corrected chi connectivity index (χ0v) is 10.2. The SMILES string of the molecule is CC(C)CC[C@@H](C)NC(=O)c1ccncc1. The van der Waals surface area contributed by atoms with Crippen LogP contribution in [0.25, 0.3) is 0 Å². The summed E-state index contributed by atoms with van der Waals surface area (Å²) in [6, 6.07) is 3.68. The fraction of sp³-hybridized carbons (Fsp3) is 0.538. The van der Waals surface area contributed by atoms with E-state index in [1.165, 1.54) is 0 Å². The molecular formula is C13H20N2O. The van der Waals surface area contributed by atoms with E-state index < -0.39 is 0 Å². The number of carbonyl (C=O) groups is 1. The van der Waals surface area contributed by atoms with Crippen LogP contribution in [0.2, 0.25) is 0 Å². The van der Waals surface area contributed by atoms with Gasteiger partial charge in [0.05, 0.1) is 0 Å². The van der Waals surface area contributed by atoms with Crippen LogP contribution < -0.4 is 5.32 Å². The first-order valence-electron chi connectivity index (χ1n) is 5.80. The molecule has 0 radical (unpaired) electrons. The Kier molecular flexibility index (Phi) is 4.96. The fourth-order valence-corrected chi connectivity index (χ4v) is 1.47. The molecule has 1 aromatic rings. The lowest BCUT2D eigenvalue weighted by molar-refractivity contribution is 0.0937. The molecule has 3 nitrogen and oxygen atoms in total. The summed E-state index contributed by atoms with van der Waals surface area (Å²) in [5, 5.41) is 2.98. The van der Waals surface area contributed by atoms with Crippen molar-refractivity contribution in [1.29, 1.82) is 0 Å². The van der Waals surface area contributed by atoms with Crippen LogP contribution in [0.5, 0.6) is 0 Å². The van der Waals surface area contributed by atoms with Gasteiger partial charge in [0, 0.05) is 24.0 Å². The highest BCUT2D eigenvalue weighted by molar-refractivity contribution is 5.94. The number of hydrogen-bond donors (Lipinski definition) is 1. The van der Waals surface area contributed by atoms with Gasteiger partial charge in [-0.1, -0.05) is 13.8 Å². The molecule has 0 aliphatic heterocycles. The molecular weight excluding hydrogens is 200 g/mol. The summed E-state index contributed by atoms with van der Waals surface area (Å²) in [6.45, 7) is 6.43. The summed E-state index contributed by atoms with van der Waals surface area (Å²) in [5.41, 5.74) is 0.673. The van der Waals surface area contributed by atoms with Crippen molar-refractivity contribution in [1.82, 2.24) is 10.3 Å². The maximum Gasteiger partial charge on any atom is 0.251 e. The topological polar surface area (TPSA) is 42.0 Å². The van der Waals surface area contributed by atoms with Gasteiger partial charge in [-0.25, -0.2) is 0 Å². The van der Waals surface area contributed by atoms with E-state index in [-0.39, 0.29) is 11.9 Å². The number of amides is 1. The predicted molar refractivity (Wildman–Crippen MR) is 65.2 cm³/mol. The lowest BCUT2D eigenvalue weighted by Gasteiger charge is -2.14. The van der Waals surface area contributed by atoms with Gasteiger partial charge in [-0.3, -0.25) is 9.78 Å². The molecule has 1 N–H and O–H groups in total. The molecule has 3 heteroatoms. The van der Waals surface area contributed by atoms with E-state index in [9.17, 15) is 4.79 Å². The van der Waals surface area contributed by atoms with Gasteiger partial charge in [-0.2, -0.15) is 0 Å². The Morgan fingerprint density at radius 1 is 1.25 bits per heavy atom. The van der Waals surface area contributed by atoms with E-state index in [0.29, 0.717) is 11.5 Å². The summed E-state index contributed by atoms with van der Waals surface area (Å²) < 4.78 is 0. The van der Waals surface area contributed by atoms with E-state index in [2.05, 4.69) is 24.1 Å². The average molecular weight is 220 g/mol. The Morgan fingerprint density at radius 2 is 1.88 bits per heavy atom. The first-order valence-corrected chi connectivity index (χ1v) is 5.80. The number of carbonyl (C=O) groups excluding carboxylic acids is 1. The van der Waals surface area contributed by atoms with Gasteiger partial charge in [0.15, 0.2) is 0 Å². The molecule has 0 spiro atoms. The molecule has 88 valence electrons. The third-order valence-corrected chi connectivity index (χ3v) is 2.50. The molecule has 0 bridgehead atoms. The van der Waals surface area contributed by atoms with Crippen LogP contribution in [0.15, 0.2) is 24.5 Å². The molecule has 1 aromatic heterocycles. The number of pyridine rings is 1. The van der Waals surface area contributed by atoms with Crippen molar-refractivity contribution < 1.29 is 4.79 Å². The fourth-order valence-electron chi connectivity index (χ4n) is 1.47. The van der Waals surface area contributed by atoms with Crippen molar-refractivity contribution in [2.24, 2.45) is 5.92 Å². The van der Waals surface area contributed by atoms with Crippen molar-refractivity contribution >= 4 is 5.91 Å². The van der Waals surface area contributed by atoms with Crippen LogP contribution in [-0.4, -0.2) is 16.9 Å². The summed E-state index contributed by atoms with van der Waals surface area (Å²) in [7, 11) is 0. The number of nitrogens with zero attached hydrogens (tertiary/aromatic N) is 1. The molecule has 0 aliphatic carbocycles. The molecule has 1 amide bonds. The van der Waals surface area contributed by atoms with Gasteiger partial charge < -0.3 is 5.32 Å². The lowest BCUT2D eigenvalue weighted by atomic mass is 10.0. The highest BCUT2D eigenvalue weighted by Gasteiger charge is 2.09. The van der Waals surface area contributed by atoms with Gasteiger partial charge >= 0.3 is 0 Å². The van der Waals surface area contributed by atoms with Gasteiger partial charge in [0.1, 0.15) is 0 Å². The Balaban J connectivity index is 2.40. The van der Waals surface area contributed by atoms with Crippen LogP contribution in [-0.2, 0) is 0 Å². The van der Waals surface area contributed by atoms with Gasteiger partial charge in [-0.05, 0) is 37.8 Å². The normalized spacial score (nSPS) is 12.5. The van der Waals surface area contributed by atoms with Crippen molar-refractivity contribution in [3.05, 3.63) is 30.1 Å². The molecule has 0 unspecified atom stereocenters. The van der Waals surface area contributed by atoms with Crippen molar-refractivity contribution in [3.8, 4) is 0 Å². The monoisotopic (exact) mass is 220 g/mol. The smallest absolute Gasteiger partial charge is 0.251 e. The zero-order chi connectivity index (χ0) is 12.0. The molecule has 0 aromatic carbocycles. The predicted octanol–water partition coefficient (Wildman–Crippen LogP) is 2.64. The number of rotatable bonds is 5. The molecule has 0 fully saturated rings. The summed E-state index contributed by atoms with van der Waals surface area (Å²) in [5.74, 6) is 0.666. The first-order chi connectivity index (χ1) is 7.59. The van der Waals surface area contributed by atoms with Crippen molar-refractivity contribution in [2.75, 3.05) is 0 Å². The molecule has 1 rings (SSSR count). The molecule has 1 atom stereocenters. The number of hydrogen-bond acceptors (Lipinski definition) is 2. The minimum atomic E-state index is -0.0151. The van der Waals surface area contributed by atoms with Gasteiger partial charge in [-0.15, -0.1) is 0 Å². The lowest BCUT2D eigenvalue weighted by Crippen LogP contribution is -2.32. The van der Waals surface area contributed by atoms with Crippen LogP contribution in [0.3, 0.4) is 0 Å². The highest BCUT2D eigenvalue weighted by atomic mass is 16.1.